The molecule has 4 heteroatoms. The molecule has 0 aliphatic rings. The summed E-state index contributed by atoms with van der Waals surface area (Å²) in [5, 5.41) is 2.05. The van der Waals surface area contributed by atoms with Gasteiger partial charge in [0, 0.05) is 4.88 Å². The van der Waals surface area contributed by atoms with Crippen molar-refractivity contribution in [1.82, 2.24) is 4.98 Å². The normalized spacial score (nSPS) is 10.4. The smallest absolute Gasteiger partial charge is 0.0955 e. The quantitative estimate of drug-likeness (QED) is 0.698. The summed E-state index contributed by atoms with van der Waals surface area (Å²) >= 11 is 9.07. The van der Waals surface area contributed by atoms with Crippen molar-refractivity contribution in [3.8, 4) is 10.6 Å². The summed E-state index contributed by atoms with van der Waals surface area (Å²) in [6.45, 7) is 0. The lowest BCUT2D eigenvalue weighted by molar-refractivity contribution is 1.38. The Kier molecular flexibility index (Phi) is 2.44. The fraction of sp³-hybridized carbons (Fsp3) is 0.125. The van der Waals surface area contributed by atoms with E-state index in [-0.39, 0.29) is 0 Å². The maximum Gasteiger partial charge on any atom is 0.0955 e. The lowest BCUT2D eigenvalue weighted by Crippen LogP contribution is -1.76. The van der Waals surface area contributed by atoms with Gasteiger partial charge in [0.05, 0.1) is 22.0 Å². The molecule has 0 fully saturated rings. The van der Waals surface area contributed by atoms with Gasteiger partial charge in [0.1, 0.15) is 0 Å². The van der Waals surface area contributed by atoms with Gasteiger partial charge in [-0.1, -0.05) is 6.07 Å². The highest BCUT2D eigenvalue weighted by molar-refractivity contribution is 7.14. The van der Waals surface area contributed by atoms with Crippen LogP contribution in [0.25, 0.3) is 10.6 Å². The third-order valence-corrected chi connectivity index (χ3v) is 3.65. The number of rotatable bonds is 2. The first-order valence-electron chi connectivity index (χ1n) is 3.44. The summed E-state index contributed by atoms with van der Waals surface area (Å²) in [5.74, 6) is 0.553. The van der Waals surface area contributed by atoms with Crippen LogP contribution < -0.4 is 0 Å². The molecule has 2 heterocycles. The Morgan fingerprint density at radius 2 is 2.33 bits per heavy atom. The number of hydrogen-bond donors (Lipinski definition) is 0. The minimum atomic E-state index is 0.553. The number of thiophene rings is 1. The number of halogens is 1. The number of nitrogens with zero attached hydrogens (tertiary/aromatic N) is 1. The van der Waals surface area contributed by atoms with Gasteiger partial charge in [-0.2, -0.15) is 0 Å². The fourth-order valence-electron chi connectivity index (χ4n) is 0.980. The molecule has 0 aromatic carbocycles. The van der Waals surface area contributed by atoms with Crippen LogP contribution in [0.15, 0.2) is 23.0 Å². The van der Waals surface area contributed by atoms with Gasteiger partial charge in [-0.05, 0) is 11.4 Å². The monoisotopic (exact) mass is 215 g/mol. The Bertz CT molecular complexity index is 353. The van der Waals surface area contributed by atoms with Crippen LogP contribution in [0.4, 0.5) is 0 Å². The molecule has 0 spiro atoms. The van der Waals surface area contributed by atoms with Crippen LogP contribution in [0.2, 0.25) is 0 Å². The van der Waals surface area contributed by atoms with Crippen molar-refractivity contribution in [2.24, 2.45) is 0 Å². The highest BCUT2D eigenvalue weighted by Gasteiger charge is 2.07. The molecule has 0 saturated heterocycles. The minimum absolute atomic E-state index is 0.553. The van der Waals surface area contributed by atoms with Gasteiger partial charge in [0.25, 0.3) is 0 Å². The molecule has 2 aromatic rings. The first-order valence-corrected chi connectivity index (χ1v) is 5.73. The second kappa shape index (κ2) is 3.56. The molecule has 0 bridgehead atoms. The topological polar surface area (TPSA) is 12.9 Å². The zero-order valence-electron chi connectivity index (χ0n) is 6.16. The van der Waals surface area contributed by atoms with Gasteiger partial charge in [-0.15, -0.1) is 34.3 Å². The highest BCUT2D eigenvalue weighted by Crippen LogP contribution is 2.29. The Hall–Kier alpha value is -0.380. The molecule has 12 heavy (non-hydrogen) atoms. The van der Waals surface area contributed by atoms with Crippen LogP contribution in [0.3, 0.4) is 0 Å². The second-order valence-electron chi connectivity index (χ2n) is 2.24. The SMILES string of the molecule is ClCc1scnc1-c1cccs1. The Balaban J connectivity index is 2.46. The third kappa shape index (κ3) is 1.40. The van der Waals surface area contributed by atoms with Gasteiger partial charge in [-0.25, -0.2) is 4.98 Å². The summed E-state index contributed by atoms with van der Waals surface area (Å²) in [5.41, 5.74) is 2.89. The standard InChI is InChI=1S/C8H6ClNS2/c9-4-7-8(10-5-12-7)6-2-1-3-11-6/h1-3,5H,4H2. The van der Waals surface area contributed by atoms with E-state index in [0.29, 0.717) is 5.88 Å². The zero-order valence-corrected chi connectivity index (χ0v) is 8.55. The summed E-state index contributed by atoms with van der Waals surface area (Å²) < 4.78 is 0. The molecule has 2 rings (SSSR count). The van der Waals surface area contributed by atoms with Crippen molar-refractivity contribution in [1.29, 1.82) is 0 Å². The Morgan fingerprint density at radius 1 is 1.42 bits per heavy atom. The van der Waals surface area contributed by atoms with Crippen molar-refractivity contribution in [3.05, 3.63) is 27.9 Å². The minimum Gasteiger partial charge on any atom is -0.243 e. The molecule has 0 unspecified atom stereocenters. The molecule has 0 aliphatic heterocycles. The van der Waals surface area contributed by atoms with Crippen LogP contribution in [-0.4, -0.2) is 4.98 Å². The van der Waals surface area contributed by atoms with E-state index in [4.69, 9.17) is 11.6 Å². The third-order valence-electron chi connectivity index (χ3n) is 1.52. The number of thiazole rings is 1. The number of aromatic nitrogens is 1. The van der Waals surface area contributed by atoms with Crippen LogP contribution >= 0.6 is 34.3 Å². The van der Waals surface area contributed by atoms with E-state index in [1.165, 1.54) is 4.88 Å². The van der Waals surface area contributed by atoms with Crippen LogP contribution in [0.5, 0.6) is 0 Å². The maximum absolute atomic E-state index is 5.77. The van der Waals surface area contributed by atoms with E-state index in [1.807, 2.05) is 17.0 Å². The molecule has 0 atom stereocenters. The lowest BCUT2D eigenvalue weighted by Gasteiger charge is -1.92. The van der Waals surface area contributed by atoms with Gasteiger partial charge >= 0.3 is 0 Å². The Labute approximate surface area is 83.7 Å². The van der Waals surface area contributed by atoms with Crippen molar-refractivity contribution in [2.45, 2.75) is 5.88 Å². The van der Waals surface area contributed by atoms with Gasteiger partial charge in [0.2, 0.25) is 0 Å². The Morgan fingerprint density at radius 3 is 3.00 bits per heavy atom. The lowest BCUT2D eigenvalue weighted by atomic mass is 10.3. The fourth-order valence-corrected chi connectivity index (χ4v) is 2.73. The van der Waals surface area contributed by atoms with E-state index in [2.05, 4.69) is 11.1 Å². The summed E-state index contributed by atoms with van der Waals surface area (Å²) in [6.07, 6.45) is 0. The molecular formula is C8H6ClNS2. The van der Waals surface area contributed by atoms with Crippen LogP contribution in [0, 0.1) is 0 Å². The summed E-state index contributed by atoms with van der Waals surface area (Å²) in [7, 11) is 0. The molecule has 2 aromatic heterocycles. The first-order chi connectivity index (χ1) is 5.92. The van der Waals surface area contributed by atoms with Crippen molar-refractivity contribution >= 4 is 34.3 Å². The van der Waals surface area contributed by atoms with Gasteiger partial charge < -0.3 is 0 Å². The van der Waals surface area contributed by atoms with E-state index >= 15 is 0 Å². The molecule has 0 N–H and O–H groups in total. The maximum atomic E-state index is 5.77. The van der Waals surface area contributed by atoms with Crippen molar-refractivity contribution in [3.63, 3.8) is 0 Å². The summed E-state index contributed by atoms with van der Waals surface area (Å²) in [6, 6.07) is 4.09. The van der Waals surface area contributed by atoms with Gasteiger partial charge in [0.15, 0.2) is 0 Å². The molecule has 1 nitrogen and oxygen atoms in total. The predicted molar refractivity (Wildman–Crippen MR) is 55.0 cm³/mol. The second-order valence-corrected chi connectivity index (χ2v) is 4.39. The number of hydrogen-bond acceptors (Lipinski definition) is 3. The predicted octanol–water partition coefficient (Wildman–Crippen LogP) is 3.61. The van der Waals surface area contributed by atoms with E-state index in [9.17, 15) is 0 Å². The number of alkyl halides is 1. The van der Waals surface area contributed by atoms with Crippen LogP contribution in [-0.2, 0) is 5.88 Å². The highest BCUT2D eigenvalue weighted by atomic mass is 35.5. The molecule has 0 saturated carbocycles. The van der Waals surface area contributed by atoms with E-state index in [0.717, 1.165) is 10.6 Å². The summed E-state index contributed by atoms with van der Waals surface area (Å²) in [4.78, 5) is 6.63. The average molecular weight is 216 g/mol. The average Bonchev–Trinajstić information content (AvgIpc) is 2.74. The first kappa shape index (κ1) is 8.23. The van der Waals surface area contributed by atoms with E-state index < -0.39 is 0 Å². The zero-order chi connectivity index (χ0) is 8.39. The van der Waals surface area contributed by atoms with E-state index in [1.54, 1.807) is 22.7 Å². The molecule has 0 radical (unpaired) electrons. The van der Waals surface area contributed by atoms with Gasteiger partial charge in [-0.3, -0.25) is 0 Å². The molecule has 62 valence electrons. The molecule has 0 aliphatic carbocycles. The van der Waals surface area contributed by atoms with Crippen molar-refractivity contribution in [2.75, 3.05) is 0 Å². The van der Waals surface area contributed by atoms with Crippen molar-refractivity contribution < 1.29 is 0 Å². The van der Waals surface area contributed by atoms with Crippen LogP contribution in [0.1, 0.15) is 4.88 Å². The molecular weight excluding hydrogens is 210 g/mol. The molecule has 0 amide bonds. The largest absolute Gasteiger partial charge is 0.243 e.